The van der Waals surface area contributed by atoms with Crippen LogP contribution in [0.3, 0.4) is 0 Å². The number of nitrogens with one attached hydrogen (secondary N) is 1. The third kappa shape index (κ3) is 3.31. The van der Waals surface area contributed by atoms with Crippen molar-refractivity contribution < 1.29 is 9.18 Å². The van der Waals surface area contributed by atoms with Crippen LogP contribution in [-0.4, -0.2) is 12.5 Å². The van der Waals surface area contributed by atoms with E-state index in [1.54, 1.807) is 19.1 Å². The molecule has 3 nitrogen and oxygen atoms in total. The number of rotatable bonds is 4. The summed E-state index contributed by atoms with van der Waals surface area (Å²) in [5.74, 6) is -0.638. The van der Waals surface area contributed by atoms with Crippen LogP contribution in [0.25, 0.3) is 0 Å². The fourth-order valence-electron chi connectivity index (χ4n) is 1.32. The molecule has 0 fully saturated rings. The Kier molecular flexibility index (Phi) is 4.43. The zero-order valence-electron chi connectivity index (χ0n) is 9.53. The van der Waals surface area contributed by atoms with Gasteiger partial charge in [0.05, 0.1) is 6.04 Å². The van der Waals surface area contributed by atoms with E-state index in [2.05, 4.69) is 5.32 Å². The van der Waals surface area contributed by atoms with Gasteiger partial charge >= 0.3 is 0 Å². The predicted molar refractivity (Wildman–Crippen MR) is 61.2 cm³/mol. The standard InChI is InChI=1S/C12H17FN2O/c1-8(7-14)12(16)15-9(2)10-4-3-5-11(13)6-10/h3-6,8-9H,7,14H2,1-2H3,(H,15,16)/t8?,9-/m0/s1. The first-order chi connectivity index (χ1) is 7.54. The van der Waals surface area contributed by atoms with Crippen molar-refractivity contribution in [2.24, 2.45) is 11.7 Å². The van der Waals surface area contributed by atoms with E-state index in [9.17, 15) is 9.18 Å². The molecule has 1 unspecified atom stereocenters. The van der Waals surface area contributed by atoms with Crippen LogP contribution < -0.4 is 11.1 Å². The van der Waals surface area contributed by atoms with Crippen LogP contribution in [0.15, 0.2) is 24.3 Å². The summed E-state index contributed by atoms with van der Waals surface area (Å²) in [4.78, 5) is 11.6. The fourth-order valence-corrected chi connectivity index (χ4v) is 1.32. The van der Waals surface area contributed by atoms with Gasteiger partial charge < -0.3 is 11.1 Å². The number of benzene rings is 1. The van der Waals surface area contributed by atoms with Crippen molar-refractivity contribution >= 4 is 5.91 Å². The number of hydrogen-bond acceptors (Lipinski definition) is 2. The Morgan fingerprint density at radius 3 is 2.75 bits per heavy atom. The number of carbonyl (C=O) groups excluding carboxylic acids is 1. The van der Waals surface area contributed by atoms with Gasteiger partial charge in [0.25, 0.3) is 0 Å². The lowest BCUT2D eigenvalue weighted by atomic mass is 10.1. The largest absolute Gasteiger partial charge is 0.349 e. The maximum absolute atomic E-state index is 13.0. The third-order valence-corrected chi connectivity index (χ3v) is 2.51. The van der Waals surface area contributed by atoms with E-state index >= 15 is 0 Å². The molecule has 3 N–H and O–H groups in total. The summed E-state index contributed by atoms with van der Waals surface area (Å²) in [5.41, 5.74) is 6.14. The van der Waals surface area contributed by atoms with Crippen LogP contribution in [0.1, 0.15) is 25.5 Å². The third-order valence-electron chi connectivity index (χ3n) is 2.51. The van der Waals surface area contributed by atoms with Crippen LogP contribution in [0.2, 0.25) is 0 Å². The minimum absolute atomic E-state index is 0.112. The molecule has 0 saturated heterocycles. The molecular formula is C12H17FN2O. The van der Waals surface area contributed by atoms with Gasteiger partial charge in [-0.2, -0.15) is 0 Å². The smallest absolute Gasteiger partial charge is 0.224 e. The minimum Gasteiger partial charge on any atom is -0.349 e. The highest BCUT2D eigenvalue weighted by Crippen LogP contribution is 2.13. The number of halogens is 1. The highest BCUT2D eigenvalue weighted by molar-refractivity contribution is 5.78. The summed E-state index contributed by atoms with van der Waals surface area (Å²) in [7, 11) is 0. The Bertz CT molecular complexity index is 368. The lowest BCUT2D eigenvalue weighted by molar-refractivity contribution is -0.124. The molecule has 0 saturated carbocycles. The second-order valence-electron chi connectivity index (χ2n) is 3.92. The molecule has 0 aromatic heterocycles. The quantitative estimate of drug-likeness (QED) is 0.816. The molecule has 16 heavy (non-hydrogen) atoms. The van der Waals surface area contributed by atoms with Crippen molar-refractivity contribution in [2.75, 3.05) is 6.54 Å². The molecule has 1 aromatic rings. The van der Waals surface area contributed by atoms with E-state index in [1.807, 2.05) is 6.92 Å². The minimum atomic E-state index is -0.300. The first-order valence-corrected chi connectivity index (χ1v) is 5.30. The zero-order chi connectivity index (χ0) is 12.1. The van der Waals surface area contributed by atoms with Gasteiger partial charge in [-0.15, -0.1) is 0 Å². The Morgan fingerprint density at radius 1 is 1.50 bits per heavy atom. The average Bonchev–Trinajstić information content (AvgIpc) is 2.27. The normalized spacial score (nSPS) is 14.2. The molecule has 2 atom stereocenters. The summed E-state index contributed by atoms with van der Waals surface area (Å²) < 4.78 is 13.0. The van der Waals surface area contributed by atoms with E-state index in [0.717, 1.165) is 5.56 Å². The monoisotopic (exact) mass is 224 g/mol. The van der Waals surface area contributed by atoms with Crippen molar-refractivity contribution in [1.82, 2.24) is 5.32 Å². The Balaban J connectivity index is 2.65. The molecule has 0 aliphatic heterocycles. The lowest BCUT2D eigenvalue weighted by Crippen LogP contribution is -2.34. The molecule has 4 heteroatoms. The van der Waals surface area contributed by atoms with Gasteiger partial charge in [0.1, 0.15) is 5.82 Å². The number of amides is 1. The first kappa shape index (κ1) is 12.6. The van der Waals surface area contributed by atoms with Gasteiger partial charge in [-0.25, -0.2) is 4.39 Å². The van der Waals surface area contributed by atoms with Crippen molar-refractivity contribution in [3.63, 3.8) is 0 Å². The summed E-state index contributed by atoms with van der Waals surface area (Å²) >= 11 is 0. The molecule has 1 amide bonds. The highest BCUT2D eigenvalue weighted by atomic mass is 19.1. The Morgan fingerprint density at radius 2 is 2.19 bits per heavy atom. The van der Waals surface area contributed by atoms with Crippen molar-refractivity contribution in [3.05, 3.63) is 35.6 Å². The van der Waals surface area contributed by atoms with E-state index in [4.69, 9.17) is 5.73 Å². The van der Waals surface area contributed by atoms with Gasteiger partial charge in [0.15, 0.2) is 0 Å². The van der Waals surface area contributed by atoms with Crippen molar-refractivity contribution in [1.29, 1.82) is 0 Å². The van der Waals surface area contributed by atoms with Crippen LogP contribution >= 0.6 is 0 Å². The lowest BCUT2D eigenvalue weighted by Gasteiger charge is -2.17. The van der Waals surface area contributed by atoms with Gasteiger partial charge in [-0.05, 0) is 24.6 Å². The SMILES string of the molecule is CC(CN)C(=O)N[C@@H](C)c1cccc(F)c1. The van der Waals surface area contributed by atoms with Gasteiger partial charge in [0, 0.05) is 12.5 Å². The van der Waals surface area contributed by atoms with Gasteiger partial charge in [-0.3, -0.25) is 4.79 Å². The van der Waals surface area contributed by atoms with Crippen LogP contribution in [0.5, 0.6) is 0 Å². The maximum Gasteiger partial charge on any atom is 0.224 e. The second-order valence-corrected chi connectivity index (χ2v) is 3.92. The zero-order valence-corrected chi connectivity index (χ0v) is 9.53. The summed E-state index contributed by atoms with van der Waals surface area (Å²) in [6.07, 6.45) is 0. The molecule has 1 aromatic carbocycles. The average molecular weight is 224 g/mol. The predicted octanol–water partition coefficient (Wildman–Crippen LogP) is 1.60. The topological polar surface area (TPSA) is 55.1 Å². The van der Waals surface area contributed by atoms with Crippen LogP contribution in [0.4, 0.5) is 4.39 Å². The molecule has 0 aliphatic carbocycles. The fraction of sp³-hybridized carbons (Fsp3) is 0.417. The van der Waals surface area contributed by atoms with Crippen molar-refractivity contribution in [3.8, 4) is 0 Å². The second kappa shape index (κ2) is 5.61. The van der Waals surface area contributed by atoms with Crippen molar-refractivity contribution in [2.45, 2.75) is 19.9 Å². The number of carbonyl (C=O) groups is 1. The van der Waals surface area contributed by atoms with Crippen LogP contribution in [-0.2, 0) is 4.79 Å². The molecule has 88 valence electrons. The number of hydrogen-bond donors (Lipinski definition) is 2. The summed E-state index contributed by atoms with van der Waals surface area (Å²) in [6, 6.07) is 5.98. The maximum atomic E-state index is 13.0. The van der Waals surface area contributed by atoms with E-state index in [0.29, 0.717) is 6.54 Å². The Hall–Kier alpha value is -1.42. The first-order valence-electron chi connectivity index (χ1n) is 5.30. The van der Waals surface area contributed by atoms with Gasteiger partial charge in [0.2, 0.25) is 5.91 Å². The van der Waals surface area contributed by atoms with E-state index < -0.39 is 0 Å². The molecule has 0 heterocycles. The molecular weight excluding hydrogens is 207 g/mol. The van der Waals surface area contributed by atoms with E-state index in [1.165, 1.54) is 12.1 Å². The van der Waals surface area contributed by atoms with Crippen LogP contribution in [0, 0.1) is 11.7 Å². The molecule has 0 spiro atoms. The Labute approximate surface area is 94.8 Å². The molecule has 0 aliphatic rings. The number of nitrogens with two attached hydrogens (primary N) is 1. The molecule has 0 bridgehead atoms. The summed E-state index contributed by atoms with van der Waals surface area (Å²) in [5, 5.41) is 2.79. The molecule has 0 radical (unpaired) electrons. The van der Waals surface area contributed by atoms with Gasteiger partial charge in [-0.1, -0.05) is 19.1 Å². The summed E-state index contributed by atoms with van der Waals surface area (Å²) in [6.45, 7) is 3.88. The molecule has 1 rings (SSSR count). The van der Waals surface area contributed by atoms with E-state index in [-0.39, 0.29) is 23.7 Å². The highest BCUT2D eigenvalue weighted by Gasteiger charge is 2.14.